The maximum Gasteiger partial charge on any atom is 0.0714 e. The molecule has 0 unspecified atom stereocenters. The molecule has 0 amide bonds. The van der Waals surface area contributed by atoms with Gasteiger partial charge in [-0.2, -0.15) is 0 Å². The van der Waals surface area contributed by atoms with E-state index >= 15 is 0 Å². The van der Waals surface area contributed by atoms with Crippen molar-refractivity contribution in [3.8, 4) is 0 Å². The molecule has 1 aromatic heterocycles. The summed E-state index contributed by atoms with van der Waals surface area (Å²) in [5.74, 6) is 0. The number of fused-ring (bicyclic) bond motifs is 1. The lowest BCUT2D eigenvalue weighted by Crippen LogP contribution is -1.91. The lowest BCUT2D eigenvalue weighted by molar-refractivity contribution is 1.36. The highest BCUT2D eigenvalue weighted by Gasteiger charge is 2.03. The zero-order chi connectivity index (χ0) is 9.26. The fraction of sp³-hybridized carbons (Fsp3) is 0.100. The largest absolute Gasteiger partial charge is 0.397 e. The van der Waals surface area contributed by atoms with E-state index in [4.69, 9.17) is 5.73 Å². The Balaban J connectivity index is 0.000000980. The van der Waals surface area contributed by atoms with Gasteiger partial charge in [-0.1, -0.05) is 18.2 Å². The minimum absolute atomic E-state index is 0. The summed E-state index contributed by atoms with van der Waals surface area (Å²) in [4.78, 5) is 5.37. The summed E-state index contributed by atoms with van der Waals surface area (Å²) >= 11 is 1.66. The van der Waals surface area contributed by atoms with Crippen LogP contribution in [0.4, 0.5) is 5.69 Å². The predicted octanol–water partition coefficient (Wildman–Crippen LogP) is 2.96. The van der Waals surface area contributed by atoms with E-state index in [1.54, 1.807) is 18.0 Å². The van der Waals surface area contributed by atoms with Crippen LogP contribution in [0.25, 0.3) is 10.9 Å². The molecule has 74 valence electrons. The third kappa shape index (κ3) is 1.79. The van der Waals surface area contributed by atoms with Crippen molar-refractivity contribution in [1.29, 1.82) is 0 Å². The van der Waals surface area contributed by atoms with Crippen LogP contribution < -0.4 is 5.73 Å². The topological polar surface area (TPSA) is 38.9 Å². The second kappa shape index (κ2) is 4.53. The maximum atomic E-state index is 5.81. The molecule has 1 aromatic carbocycles. The molecule has 0 spiro atoms. The van der Waals surface area contributed by atoms with Crippen LogP contribution in [0.2, 0.25) is 0 Å². The molecule has 0 aliphatic heterocycles. The Hall–Kier alpha value is -0.930. The van der Waals surface area contributed by atoms with E-state index in [1.165, 1.54) is 0 Å². The number of halogens is 1. The van der Waals surface area contributed by atoms with Crippen molar-refractivity contribution in [1.82, 2.24) is 4.98 Å². The number of anilines is 1. The van der Waals surface area contributed by atoms with Crippen molar-refractivity contribution in [2.75, 3.05) is 12.0 Å². The molecule has 0 saturated carbocycles. The molecule has 14 heavy (non-hydrogen) atoms. The van der Waals surface area contributed by atoms with Crippen molar-refractivity contribution in [2.24, 2.45) is 0 Å². The van der Waals surface area contributed by atoms with Crippen LogP contribution in [-0.2, 0) is 0 Å². The van der Waals surface area contributed by atoms with Crippen LogP contribution in [0.5, 0.6) is 0 Å². The zero-order valence-corrected chi connectivity index (χ0v) is 9.36. The summed E-state index contributed by atoms with van der Waals surface area (Å²) < 4.78 is 0. The summed E-state index contributed by atoms with van der Waals surface area (Å²) in [6, 6.07) is 8.03. The van der Waals surface area contributed by atoms with Gasteiger partial charge in [-0.15, -0.1) is 24.2 Å². The lowest BCUT2D eigenvalue weighted by Gasteiger charge is -2.05. The molecule has 0 bridgehead atoms. The number of hydrogen-bond donors (Lipinski definition) is 1. The summed E-state index contributed by atoms with van der Waals surface area (Å²) in [6.45, 7) is 0. The number of nitrogens with zero attached hydrogens (tertiary/aromatic N) is 1. The smallest absolute Gasteiger partial charge is 0.0714 e. The molecule has 0 atom stereocenters. The molecule has 2 rings (SSSR count). The van der Waals surface area contributed by atoms with Crippen molar-refractivity contribution < 1.29 is 0 Å². The minimum atomic E-state index is 0. The van der Waals surface area contributed by atoms with E-state index in [2.05, 4.69) is 4.98 Å². The quantitative estimate of drug-likeness (QED) is 0.760. The van der Waals surface area contributed by atoms with E-state index in [-0.39, 0.29) is 12.4 Å². The first-order valence-corrected chi connectivity index (χ1v) is 5.22. The number of pyridine rings is 1. The third-order valence-electron chi connectivity index (χ3n) is 1.96. The zero-order valence-electron chi connectivity index (χ0n) is 7.73. The molecule has 0 aliphatic rings. The van der Waals surface area contributed by atoms with Crippen molar-refractivity contribution in [3.63, 3.8) is 0 Å². The highest BCUT2D eigenvalue weighted by Crippen LogP contribution is 2.29. The molecular formula is C10H11ClN2S. The highest BCUT2D eigenvalue weighted by atomic mass is 35.5. The Kier molecular flexibility index (Phi) is 3.61. The molecule has 0 radical (unpaired) electrons. The molecule has 2 aromatic rings. The summed E-state index contributed by atoms with van der Waals surface area (Å²) in [5.41, 5.74) is 7.57. The number of aromatic nitrogens is 1. The molecule has 0 fully saturated rings. The number of benzene rings is 1. The van der Waals surface area contributed by atoms with Gasteiger partial charge in [-0.05, 0) is 12.3 Å². The number of thioether (sulfide) groups is 1. The predicted molar refractivity (Wildman–Crippen MR) is 65.2 cm³/mol. The number of nitrogen functional groups attached to an aromatic ring is 1. The normalized spacial score (nSPS) is 9.79. The van der Waals surface area contributed by atoms with Crippen LogP contribution >= 0.6 is 24.2 Å². The van der Waals surface area contributed by atoms with Gasteiger partial charge in [0.05, 0.1) is 17.4 Å². The molecular weight excluding hydrogens is 216 g/mol. The third-order valence-corrected chi connectivity index (χ3v) is 2.82. The van der Waals surface area contributed by atoms with Gasteiger partial charge >= 0.3 is 0 Å². The van der Waals surface area contributed by atoms with Crippen LogP contribution in [0.15, 0.2) is 35.4 Å². The van der Waals surface area contributed by atoms with E-state index in [1.807, 2.05) is 30.5 Å². The minimum Gasteiger partial charge on any atom is -0.397 e. The van der Waals surface area contributed by atoms with Gasteiger partial charge < -0.3 is 5.73 Å². The Morgan fingerprint density at radius 3 is 2.71 bits per heavy atom. The van der Waals surface area contributed by atoms with Crippen LogP contribution in [-0.4, -0.2) is 11.2 Å². The average Bonchev–Trinajstić information content (AvgIpc) is 2.18. The number of nitrogens with two attached hydrogens (primary N) is 1. The van der Waals surface area contributed by atoms with Gasteiger partial charge in [0, 0.05) is 10.3 Å². The average molecular weight is 227 g/mol. The van der Waals surface area contributed by atoms with Gasteiger partial charge in [0.15, 0.2) is 0 Å². The first kappa shape index (κ1) is 11.1. The summed E-state index contributed by atoms with van der Waals surface area (Å²) in [7, 11) is 0. The fourth-order valence-electron chi connectivity index (χ4n) is 1.36. The van der Waals surface area contributed by atoms with E-state index < -0.39 is 0 Å². The summed E-state index contributed by atoms with van der Waals surface area (Å²) in [6.07, 6.45) is 3.74. The molecule has 2 nitrogen and oxygen atoms in total. The molecule has 1 heterocycles. The Labute approximate surface area is 93.3 Å². The number of rotatable bonds is 1. The highest BCUT2D eigenvalue weighted by molar-refractivity contribution is 7.99. The van der Waals surface area contributed by atoms with Gasteiger partial charge in [-0.3, -0.25) is 4.98 Å². The number of para-hydroxylation sites is 1. The van der Waals surface area contributed by atoms with Crippen molar-refractivity contribution >= 4 is 40.8 Å². The van der Waals surface area contributed by atoms with E-state index in [0.29, 0.717) is 0 Å². The van der Waals surface area contributed by atoms with E-state index in [0.717, 1.165) is 21.5 Å². The standard InChI is InChI=1S/C10H10N2S.ClH/c1-13-10-7-4-2-3-5-9(7)12-6-8(10)11;/h2-6H,11H2,1H3;1H. The second-order valence-corrected chi connectivity index (χ2v) is 3.58. The van der Waals surface area contributed by atoms with E-state index in [9.17, 15) is 0 Å². The number of hydrogen-bond acceptors (Lipinski definition) is 3. The van der Waals surface area contributed by atoms with Gasteiger partial charge in [0.25, 0.3) is 0 Å². The Bertz CT molecular complexity index is 445. The SMILES string of the molecule is CSc1c(N)cnc2ccccc12.Cl. The van der Waals surface area contributed by atoms with Crippen molar-refractivity contribution in [3.05, 3.63) is 30.5 Å². The first-order chi connectivity index (χ1) is 6.33. The molecule has 0 saturated heterocycles. The lowest BCUT2D eigenvalue weighted by atomic mass is 10.2. The molecule has 0 aliphatic carbocycles. The van der Waals surface area contributed by atoms with Crippen LogP contribution in [0, 0.1) is 0 Å². The van der Waals surface area contributed by atoms with Crippen LogP contribution in [0.3, 0.4) is 0 Å². The Morgan fingerprint density at radius 2 is 2.00 bits per heavy atom. The Morgan fingerprint density at radius 1 is 1.29 bits per heavy atom. The first-order valence-electron chi connectivity index (χ1n) is 4.00. The second-order valence-electron chi connectivity index (χ2n) is 2.76. The monoisotopic (exact) mass is 226 g/mol. The maximum absolute atomic E-state index is 5.81. The van der Waals surface area contributed by atoms with Gasteiger partial charge in [-0.25, -0.2) is 0 Å². The van der Waals surface area contributed by atoms with Crippen LogP contribution in [0.1, 0.15) is 0 Å². The molecule has 4 heteroatoms. The van der Waals surface area contributed by atoms with Crippen molar-refractivity contribution in [2.45, 2.75) is 4.90 Å². The fourth-order valence-corrected chi connectivity index (χ4v) is 2.04. The van der Waals surface area contributed by atoms with Gasteiger partial charge in [0.1, 0.15) is 0 Å². The van der Waals surface area contributed by atoms with Gasteiger partial charge in [0.2, 0.25) is 0 Å². The summed E-state index contributed by atoms with van der Waals surface area (Å²) in [5, 5.41) is 1.13. The molecule has 2 N–H and O–H groups in total.